The fourth-order valence-corrected chi connectivity index (χ4v) is 3.77. The van der Waals surface area contributed by atoms with Gasteiger partial charge in [0.05, 0.1) is 6.61 Å². The molecule has 3 rings (SSSR count). The van der Waals surface area contributed by atoms with E-state index in [1.807, 2.05) is 29.8 Å². The molecule has 0 atom stereocenters. The summed E-state index contributed by atoms with van der Waals surface area (Å²) in [6.45, 7) is 0.476. The molecule has 0 fully saturated rings. The molecule has 1 aromatic heterocycles. The number of rotatable bonds is 8. The summed E-state index contributed by atoms with van der Waals surface area (Å²) in [5.74, 6) is -0.832. The summed E-state index contributed by atoms with van der Waals surface area (Å²) < 4.78 is 43.4. The molecule has 1 heterocycles. The number of hydrogen-bond acceptors (Lipinski definition) is 7. The number of nitrogens with one attached hydrogen (secondary N) is 1. The maximum absolute atomic E-state index is 12.7. The van der Waals surface area contributed by atoms with Crippen molar-refractivity contribution in [3.05, 3.63) is 54.3 Å². The molecule has 0 aliphatic heterocycles. The third-order valence-electron chi connectivity index (χ3n) is 4.15. The molecule has 0 unspecified atom stereocenters. The zero-order valence-electron chi connectivity index (χ0n) is 16.3. The van der Waals surface area contributed by atoms with Gasteiger partial charge >= 0.3 is 5.91 Å². The third-order valence-corrected chi connectivity index (χ3v) is 5.53. The number of para-hydroxylation sites is 1. The van der Waals surface area contributed by atoms with Gasteiger partial charge in [-0.1, -0.05) is 12.1 Å². The molecule has 2 aromatic carbocycles. The van der Waals surface area contributed by atoms with Gasteiger partial charge in [0.1, 0.15) is 22.8 Å². The third kappa shape index (κ3) is 4.69. The Balaban J connectivity index is 1.84. The first-order chi connectivity index (χ1) is 13.8. The van der Waals surface area contributed by atoms with Crippen molar-refractivity contribution in [1.82, 2.24) is 4.72 Å². The van der Waals surface area contributed by atoms with Gasteiger partial charge in [0.2, 0.25) is 0 Å². The smallest absolute Gasteiger partial charge is 0.300 e. The molecule has 0 saturated heterocycles. The number of carbonyl (C=O) groups is 1. The molecule has 9 heteroatoms. The Bertz CT molecular complexity index is 1120. The van der Waals surface area contributed by atoms with Crippen molar-refractivity contribution in [3.63, 3.8) is 0 Å². The molecular formula is C20H22N2O6S. The second-order valence-corrected chi connectivity index (χ2v) is 8.10. The maximum atomic E-state index is 12.7. The van der Waals surface area contributed by atoms with Crippen LogP contribution in [0.25, 0.3) is 11.0 Å². The van der Waals surface area contributed by atoms with Crippen LogP contribution in [0, 0.1) is 0 Å². The van der Waals surface area contributed by atoms with Crippen LogP contribution in [0.15, 0.2) is 57.8 Å². The largest absolute Gasteiger partial charge is 0.490 e. The SMILES string of the molecule is COCCOc1ccccc1S(=O)(=O)NC(=O)c1cc2ccc(N(C)C)cc2o1. The lowest BCUT2D eigenvalue weighted by atomic mass is 10.2. The highest BCUT2D eigenvalue weighted by molar-refractivity contribution is 7.90. The van der Waals surface area contributed by atoms with Crippen LogP contribution in [0.3, 0.4) is 0 Å². The number of anilines is 1. The van der Waals surface area contributed by atoms with E-state index < -0.39 is 15.9 Å². The monoisotopic (exact) mass is 418 g/mol. The highest BCUT2D eigenvalue weighted by atomic mass is 32.2. The Kier molecular flexibility index (Phi) is 6.09. The predicted molar refractivity (Wildman–Crippen MR) is 109 cm³/mol. The van der Waals surface area contributed by atoms with Gasteiger partial charge in [0.15, 0.2) is 5.76 Å². The normalized spacial score (nSPS) is 11.4. The Hall–Kier alpha value is -3.04. The lowest BCUT2D eigenvalue weighted by Crippen LogP contribution is -2.30. The lowest BCUT2D eigenvalue weighted by Gasteiger charge is -2.12. The number of methoxy groups -OCH3 is 1. The van der Waals surface area contributed by atoms with Crippen molar-refractivity contribution in [1.29, 1.82) is 0 Å². The van der Waals surface area contributed by atoms with Gasteiger partial charge in [-0.15, -0.1) is 0 Å². The zero-order valence-corrected chi connectivity index (χ0v) is 17.2. The van der Waals surface area contributed by atoms with E-state index in [1.165, 1.54) is 25.3 Å². The summed E-state index contributed by atoms with van der Waals surface area (Å²) in [4.78, 5) is 14.3. The maximum Gasteiger partial charge on any atom is 0.300 e. The van der Waals surface area contributed by atoms with E-state index in [1.54, 1.807) is 24.3 Å². The summed E-state index contributed by atoms with van der Waals surface area (Å²) in [5.41, 5.74) is 1.38. The number of sulfonamides is 1. The summed E-state index contributed by atoms with van der Waals surface area (Å²) in [6, 6.07) is 13.0. The Morgan fingerprint density at radius 2 is 1.86 bits per heavy atom. The van der Waals surface area contributed by atoms with Crippen LogP contribution in [-0.2, 0) is 14.8 Å². The molecule has 0 saturated carbocycles. The number of nitrogens with zero attached hydrogens (tertiary/aromatic N) is 1. The highest BCUT2D eigenvalue weighted by Gasteiger charge is 2.24. The van der Waals surface area contributed by atoms with E-state index >= 15 is 0 Å². The van der Waals surface area contributed by atoms with Gasteiger partial charge in [-0.05, 0) is 30.3 Å². The van der Waals surface area contributed by atoms with E-state index in [4.69, 9.17) is 13.9 Å². The highest BCUT2D eigenvalue weighted by Crippen LogP contribution is 2.26. The number of fused-ring (bicyclic) bond motifs is 1. The number of benzene rings is 2. The Labute approximate surface area is 169 Å². The van der Waals surface area contributed by atoms with Crippen LogP contribution in [0.5, 0.6) is 5.75 Å². The molecule has 0 spiro atoms. The lowest BCUT2D eigenvalue weighted by molar-refractivity contribution is 0.0956. The van der Waals surface area contributed by atoms with E-state index in [-0.39, 0.29) is 23.0 Å². The van der Waals surface area contributed by atoms with Crippen LogP contribution in [-0.4, -0.2) is 48.7 Å². The molecule has 3 aromatic rings. The van der Waals surface area contributed by atoms with Crippen LogP contribution in [0.2, 0.25) is 0 Å². The van der Waals surface area contributed by atoms with Crippen molar-refractivity contribution >= 4 is 32.6 Å². The quantitative estimate of drug-likeness (QED) is 0.562. The first kappa shape index (κ1) is 20.7. The summed E-state index contributed by atoms with van der Waals surface area (Å²) in [7, 11) is 1.12. The van der Waals surface area contributed by atoms with Gasteiger partial charge in [0.25, 0.3) is 10.0 Å². The molecule has 29 heavy (non-hydrogen) atoms. The average Bonchev–Trinajstić information content (AvgIpc) is 3.11. The van der Waals surface area contributed by atoms with E-state index in [2.05, 4.69) is 0 Å². The second kappa shape index (κ2) is 8.54. The molecule has 8 nitrogen and oxygen atoms in total. The average molecular weight is 418 g/mol. The number of carbonyl (C=O) groups excluding carboxylic acids is 1. The fourth-order valence-electron chi connectivity index (χ4n) is 2.66. The molecular weight excluding hydrogens is 396 g/mol. The van der Waals surface area contributed by atoms with Gasteiger partial charge in [0, 0.05) is 38.3 Å². The molecule has 0 aliphatic rings. The van der Waals surface area contributed by atoms with E-state index in [0.29, 0.717) is 17.6 Å². The van der Waals surface area contributed by atoms with Gasteiger partial charge in [-0.2, -0.15) is 0 Å². The van der Waals surface area contributed by atoms with Crippen LogP contribution in [0.1, 0.15) is 10.6 Å². The van der Waals surface area contributed by atoms with Crippen molar-refractivity contribution < 1.29 is 27.1 Å². The van der Waals surface area contributed by atoms with Crippen LogP contribution in [0.4, 0.5) is 5.69 Å². The molecule has 1 amide bonds. The molecule has 154 valence electrons. The van der Waals surface area contributed by atoms with Crippen molar-refractivity contribution in [2.45, 2.75) is 4.90 Å². The van der Waals surface area contributed by atoms with E-state index in [9.17, 15) is 13.2 Å². The zero-order chi connectivity index (χ0) is 21.0. The number of furan rings is 1. The molecule has 0 radical (unpaired) electrons. The van der Waals surface area contributed by atoms with Gasteiger partial charge in [-0.3, -0.25) is 4.79 Å². The Morgan fingerprint density at radius 1 is 1.10 bits per heavy atom. The summed E-state index contributed by atoms with van der Waals surface area (Å²) in [6.07, 6.45) is 0. The van der Waals surface area contributed by atoms with Crippen molar-refractivity contribution in [3.8, 4) is 5.75 Å². The Morgan fingerprint density at radius 3 is 2.59 bits per heavy atom. The molecule has 0 aliphatic carbocycles. The first-order valence-electron chi connectivity index (χ1n) is 8.80. The van der Waals surface area contributed by atoms with Crippen LogP contribution < -0.4 is 14.4 Å². The van der Waals surface area contributed by atoms with Crippen LogP contribution >= 0.6 is 0 Å². The summed E-state index contributed by atoms with van der Waals surface area (Å²) >= 11 is 0. The minimum atomic E-state index is -4.17. The number of amides is 1. The van der Waals surface area contributed by atoms with Gasteiger partial charge in [-0.25, -0.2) is 13.1 Å². The van der Waals surface area contributed by atoms with Crippen molar-refractivity contribution in [2.75, 3.05) is 39.3 Å². The molecule has 1 N–H and O–H groups in total. The first-order valence-corrected chi connectivity index (χ1v) is 10.3. The van der Waals surface area contributed by atoms with E-state index in [0.717, 1.165) is 5.69 Å². The number of ether oxygens (including phenoxy) is 2. The fraction of sp³-hybridized carbons (Fsp3) is 0.250. The van der Waals surface area contributed by atoms with Gasteiger partial charge < -0.3 is 18.8 Å². The molecule has 0 bridgehead atoms. The summed E-state index contributed by atoms with van der Waals surface area (Å²) in [5, 5.41) is 0.696. The topological polar surface area (TPSA) is 98.1 Å². The predicted octanol–water partition coefficient (Wildman–Crippen LogP) is 2.64. The standard InChI is InChI=1S/C20H22N2O6S/c1-22(2)15-9-8-14-12-18(28-17(14)13-15)20(23)21-29(24,25)19-7-5-4-6-16(19)27-11-10-26-3/h4-9,12-13H,10-11H2,1-3H3,(H,21,23). The minimum absolute atomic E-state index is 0.0998. The second-order valence-electron chi connectivity index (χ2n) is 6.45. The minimum Gasteiger partial charge on any atom is -0.490 e. The van der Waals surface area contributed by atoms with Crippen molar-refractivity contribution in [2.24, 2.45) is 0 Å². The number of hydrogen-bond donors (Lipinski definition) is 1.